The highest BCUT2D eigenvalue weighted by molar-refractivity contribution is 6.36. The van der Waals surface area contributed by atoms with Crippen LogP contribution in [0.1, 0.15) is 38.7 Å². The highest BCUT2D eigenvalue weighted by atomic mass is 16.2. The number of carbonyl (C=O) groups excluding carboxylic acids is 1. The lowest BCUT2D eigenvalue weighted by Gasteiger charge is -2.54. The molecule has 2 bridgehead atoms. The zero-order valence-corrected chi connectivity index (χ0v) is 14.6. The lowest BCUT2D eigenvalue weighted by molar-refractivity contribution is -0.00600. The summed E-state index contributed by atoms with van der Waals surface area (Å²) in [6, 6.07) is 6.24. The average molecular weight is 331 g/mol. The molecule has 6 nitrogen and oxygen atoms in total. The first-order valence-corrected chi connectivity index (χ1v) is 8.36. The van der Waals surface area contributed by atoms with E-state index in [0.29, 0.717) is 29.3 Å². The van der Waals surface area contributed by atoms with Crippen molar-refractivity contribution in [3.8, 4) is 0 Å². The molecule has 24 heavy (non-hydrogen) atoms. The fourth-order valence-corrected chi connectivity index (χ4v) is 3.73. The van der Waals surface area contributed by atoms with Gasteiger partial charge < -0.3 is 21.4 Å². The van der Waals surface area contributed by atoms with Gasteiger partial charge in [0.25, 0.3) is 0 Å². The molecule has 2 amide bonds. The summed E-state index contributed by atoms with van der Waals surface area (Å²) < 4.78 is 0. The molecule has 1 aromatic carbocycles. The first-order chi connectivity index (χ1) is 11.5. The molecule has 2 saturated heterocycles. The molecule has 2 unspecified atom stereocenters. The van der Waals surface area contributed by atoms with E-state index in [9.17, 15) is 4.79 Å². The van der Waals surface area contributed by atoms with Crippen molar-refractivity contribution in [3.63, 3.8) is 0 Å². The van der Waals surface area contributed by atoms with Gasteiger partial charge in [0.1, 0.15) is 0 Å². The Balaban J connectivity index is 0.00000101. The number of hydrogen-bond donors (Lipinski definition) is 4. The van der Waals surface area contributed by atoms with Crippen LogP contribution in [0.2, 0.25) is 0 Å². The summed E-state index contributed by atoms with van der Waals surface area (Å²) in [5, 5.41) is 18.0. The predicted octanol–water partition coefficient (Wildman–Crippen LogP) is 3.24. The molecule has 0 radical (unpaired) electrons. The second-order valence-corrected chi connectivity index (χ2v) is 6.55. The maximum atomic E-state index is 12.5. The van der Waals surface area contributed by atoms with Gasteiger partial charge in [0.2, 0.25) is 0 Å². The zero-order valence-electron chi connectivity index (χ0n) is 14.6. The summed E-state index contributed by atoms with van der Waals surface area (Å²) in [5.41, 5.74) is 6.96. The third-order valence-corrected chi connectivity index (χ3v) is 4.84. The van der Waals surface area contributed by atoms with Crippen molar-refractivity contribution in [2.45, 2.75) is 45.2 Å². The minimum Gasteiger partial charge on any atom is -0.333 e. The zero-order chi connectivity index (χ0) is 17.9. The number of aryl methyl sites for hydroxylation is 1. The Morgan fingerprint density at radius 2 is 1.96 bits per heavy atom. The maximum absolute atomic E-state index is 12.5. The number of anilines is 1. The molecule has 2 atom stereocenters. The third kappa shape index (κ3) is 3.48. The van der Waals surface area contributed by atoms with Crippen LogP contribution in [0.3, 0.4) is 0 Å². The summed E-state index contributed by atoms with van der Waals surface area (Å²) >= 11 is 0. The number of nitrogens with zero attached hydrogens (tertiary/aromatic N) is 1. The van der Waals surface area contributed by atoms with E-state index in [1.807, 2.05) is 24.0 Å². The molecule has 1 aromatic rings. The number of urea groups is 1. The van der Waals surface area contributed by atoms with E-state index < -0.39 is 0 Å². The Bertz CT molecular complexity index is 636. The van der Waals surface area contributed by atoms with Gasteiger partial charge in [-0.05, 0) is 56.8 Å². The minimum atomic E-state index is -0.0377. The second kappa shape index (κ2) is 7.57. The van der Waals surface area contributed by atoms with Gasteiger partial charge in [-0.3, -0.25) is 5.41 Å². The summed E-state index contributed by atoms with van der Waals surface area (Å²) in [6.07, 6.45) is 4.35. The monoisotopic (exact) mass is 331 g/mol. The molecule has 2 heterocycles. The van der Waals surface area contributed by atoms with Gasteiger partial charge in [0.05, 0.1) is 5.71 Å². The Hall–Kier alpha value is -2.21. The first kappa shape index (κ1) is 18.1. The molecule has 132 valence electrons. The number of fused-ring (bicyclic) bond motifs is 2. The Kier molecular flexibility index (Phi) is 5.72. The third-order valence-electron chi connectivity index (χ3n) is 4.84. The highest BCUT2D eigenvalue weighted by Crippen LogP contribution is 2.41. The summed E-state index contributed by atoms with van der Waals surface area (Å²) in [4.78, 5) is 14.4. The fraction of sp³-hybridized carbons (Fsp3) is 0.500. The van der Waals surface area contributed by atoms with Gasteiger partial charge in [0.15, 0.2) is 0 Å². The van der Waals surface area contributed by atoms with Gasteiger partial charge in [-0.1, -0.05) is 13.0 Å². The number of rotatable bonds is 3. The van der Waals surface area contributed by atoms with Crippen molar-refractivity contribution in [1.82, 2.24) is 4.90 Å². The molecule has 6 heteroatoms. The van der Waals surface area contributed by atoms with Crippen molar-refractivity contribution in [2.75, 3.05) is 12.4 Å². The van der Waals surface area contributed by atoms with E-state index >= 15 is 0 Å². The summed E-state index contributed by atoms with van der Waals surface area (Å²) in [7, 11) is 1.50. The number of hydrogen-bond acceptors (Lipinski definition) is 4. The van der Waals surface area contributed by atoms with Crippen LogP contribution in [-0.4, -0.2) is 42.0 Å². The van der Waals surface area contributed by atoms with Gasteiger partial charge >= 0.3 is 6.03 Å². The summed E-state index contributed by atoms with van der Waals surface area (Å²) in [5.74, 6) is 0.715. The van der Waals surface area contributed by atoms with Crippen LogP contribution in [0.5, 0.6) is 0 Å². The minimum absolute atomic E-state index is 0. The standard InChI is InChI=1S/C17H22N4O.CH5N.H2/c1-10-5-13-8-14(6-10)21(13)17(22)20-12-4-3-11(2)15(7-12)16(19)9-18;1-2;/h3-4,7,9-10,13-14,18-19H,5-6,8H2,1-2H3,(H,20,22);2H2,1H3;1H. The van der Waals surface area contributed by atoms with E-state index in [4.69, 9.17) is 10.8 Å². The van der Waals surface area contributed by atoms with E-state index in [1.165, 1.54) is 7.05 Å². The van der Waals surface area contributed by atoms with Crippen LogP contribution in [0.15, 0.2) is 18.2 Å². The van der Waals surface area contributed by atoms with Gasteiger partial charge in [-0.15, -0.1) is 0 Å². The molecule has 2 fully saturated rings. The molecule has 5 N–H and O–H groups in total. The molecule has 0 aliphatic carbocycles. The van der Waals surface area contributed by atoms with Crippen molar-refractivity contribution in [2.24, 2.45) is 11.7 Å². The SMILES string of the molecule is CN.Cc1ccc(NC(=O)N2C3CC(C)CC2C3)cc1C(=N)C=N.[HH]. The van der Waals surface area contributed by atoms with Gasteiger partial charge in [-0.2, -0.15) is 0 Å². The lowest BCUT2D eigenvalue weighted by atomic mass is 9.74. The lowest BCUT2D eigenvalue weighted by Crippen LogP contribution is -2.63. The van der Waals surface area contributed by atoms with Crippen molar-refractivity contribution in [1.29, 1.82) is 10.8 Å². The Morgan fingerprint density at radius 1 is 1.33 bits per heavy atom. The predicted molar refractivity (Wildman–Crippen MR) is 100 cm³/mol. The van der Waals surface area contributed by atoms with Gasteiger partial charge in [0, 0.05) is 31.0 Å². The number of benzene rings is 1. The molecule has 0 aromatic heterocycles. The highest BCUT2D eigenvalue weighted by Gasteiger charge is 2.46. The van der Waals surface area contributed by atoms with Crippen LogP contribution in [0.4, 0.5) is 10.5 Å². The van der Waals surface area contributed by atoms with Crippen molar-refractivity contribution >= 4 is 23.6 Å². The Morgan fingerprint density at radius 3 is 2.54 bits per heavy atom. The topological polar surface area (TPSA) is 106 Å². The number of nitrogens with two attached hydrogens (primary N) is 1. The van der Waals surface area contributed by atoms with Crippen LogP contribution >= 0.6 is 0 Å². The normalized spacial score (nSPS) is 24.2. The number of nitrogens with one attached hydrogen (secondary N) is 3. The molecule has 0 spiro atoms. The average Bonchev–Trinajstić information content (AvgIpc) is 2.57. The van der Waals surface area contributed by atoms with Crippen LogP contribution in [0.25, 0.3) is 0 Å². The molecule has 2 aliphatic rings. The largest absolute Gasteiger partial charge is 0.333 e. The molecule has 2 aliphatic heterocycles. The number of piperidine rings is 1. The Labute approximate surface area is 144 Å². The quantitative estimate of drug-likeness (QED) is 0.638. The number of carbonyl (C=O) groups is 1. The van der Waals surface area contributed by atoms with E-state index in [1.54, 1.807) is 6.07 Å². The molecule has 3 rings (SSSR count). The van der Waals surface area contributed by atoms with Crippen LogP contribution in [0, 0.1) is 23.7 Å². The summed E-state index contributed by atoms with van der Waals surface area (Å²) in [6.45, 7) is 4.16. The van der Waals surface area contributed by atoms with E-state index in [2.05, 4.69) is 18.0 Å². The molecule has 0 saturated carbocycles. The molecular weight excluding hydrogens is 302 g/mol. The van der Waals surface area contributed by atoms with Gasteiger partial charge in [-0.25, -0.2) is 4.79 Å². The van der Waals surface area contributed by atoms with E-state index in [0.717, 1.165) is 31.0 Å². The molecular formula is C18H29N5O. The second-order valence-electron chi connectivity index (χ2n) is 6.55. The van der Waals surface area contributed by atoms with Crippen molar-refractivity contribution < 1.29 is 6.22 Å². The van der Waals surface area contributed by atoms with Crippen LogP contribution < -0.4 is 11.1 Å². The van der Waals surface area contributed by atoms with Crippen molar-refractivity contribution in [3.05, 3.63) is 29.3 Å². The maximum Gasteiger partial charge on any atom is 0.322 e. The van der Waals surface area contributed by atoms with Crippen LogP contribution in [-0.2, 0) is 0 Å². The first-order valence-electron chi connectivity index (χ1n) is 8.36. The fourth-order valence-electron chi connectivity index (χ4n) is 3.73. The number of amides is 2. The smallest absolute Gasteiger partial charge is 0.322 e. The van der Waals surface area contributed by atoms with E-state index in [-0.39, 0.29) is 13.2 Å².